The van der Waals surface area contributed by atoms with E-state index in [0.717, 1.165) is 12.8 Å². The summed E-state index contributed by atoms with van der Waals surface area (Å²) in [5.74, 6) is 0.397. The highest BCUT2D eigenvalue weighted by Gasteiger charge is 2.32. The van der Waals surface area contributed by atoms with E-state index in [9.17, 15) is 4.79 Å². The van der Waals surface area contributed by atoms with E-state index < -0.39 is 0 Å². The van der Waals surface area contributed by atoms with E-state index in [2.05, 4.69) is 0 Å². The Kier molecular flexibility index (Phi) is 4.18. The first kappa shape index (κ1) is 13.0. The van der Waals surface area contributed by atoms with E-state index >= 15 is 0 Å². The predicted molar refractivity (Wildman–Crippen MR) is 71.2 cm³/mol. The van der Waals surface area contributed by atoms with E-state index in [1.807, 2.05) is 0 Å². The van der Waals surface area contributed by atoms with Crippen molar-refractivity contribution in [1.82, 2.24) is 4.90 Å². The first-order valence-corrected chi connectivity index (χ1v) is 6.74. The minimum absolute atomic E-state index is 0.0439. The second-order valence-electron chi connectivity index (χ2n) is 4.08. The zero-order chi connectivity index (χ0) is 12.4. The van der Waals surface area contributed by atoms with Crippen LogP contribution in [-0.4, -0.2) is 29.3 Å². The van der Waals surface area contributed by atoms with Crippen LogP contribution in [0.2, 0.25) is 10.0 Å². The van der Waals surface area contributed by atoms with E-state index in [0.29, 0.717) is 34.1 Å². The normalized spacial score (nSPS) is 14.8. The Labute approximate surface area is 115 Å². The van der Waals surface area contributed by atoms with Crippen molar-refractivity contribution < 1.29 is 4.79 Å². The molecule has 92 valence electrons. The lowest BCUT2D eigenvalue weighted by atomic mass is 10.2. The quantitative estimate of drug-likeness (QED) is 0.772. The molecule has 2 rings (SSSR count). The van der Waals surface area contributed by atoms with Gasteiger partial charge in [-0.25, -0.2) is 0 Å². The molecule has 1 aromatic carbocycles. The minimum Gasteiger partial charge on any atom is -0.334 e. The topological polar surface area (TPSA) is 20.3 Å². The molecule has 0 bridgehead atoms. The van der Waals surface area contributed by atoms with Crippen molar-refractivity contribution in [3.8, 4) is 0 Å². The van der Waals surface area contributed by atoms with Crippen molar-refractivity contribution in [1.29, 1.82) is 0 Å². The maximum atomic E-state index is 12.3. The fourth-order valence-electron chi connectivity index (χ4n) is 1.77. The van der Waals surface area contributed by atoms with E-state index in [4.69, 9.17) is 34.8 Å². The molecule has 0 spiro atoms. The van der Waals surface area contributed by atoms with Crippen LogP contribution in [-0.2, 0) is 0 Å². The third kappa shape index (κ3) is 3.27. The fraction of sp³-hybridized carbons (Fsp3) is 0.417. The number of amides is 1. The molecule has 17 heavy (non-hydrogen) atoms. The molecule has 0 unspecified atom stereocenters. The minimum atomic E-state index is -0.0439. The standard InChI is InChI=1S/C12H12Cl3NO/c13-3-4-16(11-1-2-11)12(17)8-5-9(14)7-10(15)6-8/h5-7,11H,1-4H2. The van der Waals surface area contributed by atoms with Crippen molar-refractivity contribution in [3.63, 3.8) is 0 Å². The number of hydrogen-bond acceptors (Lipinski definition) is 1. The molecule has 0 radical (unpaired) electrons. The highest BCUT2D eigenvalue weighted by molar-refractivity contribution is 6.35. The lowest BCUT2D eigenvalue weighted by molar-refractivity contribution is 0.0753. The number of carbonyl (C=O) groups is 1. The Morgan fingerprint density at radius 1 is 1.24 bits per heavy atom. The lowest BCUT2D eigenvalue weighted by Gasteiger charge is -2.21. The molecular weight excluding hydrogens is 280 g/mol. The second-order valence-corrected chi connectivity index (χ2v) is 5.33. The van der Waals surface area contributed by atoms with Gasteiger partial charge in [-0.1, -0.05) is 23.2 Å². The molecule has 0 atom stereocenters. The Hall–Kier alpha value is -0.440. The first-order valence-electron chi connectivity index (χ1n) is 5.45. The molecule has 0 aliphatic heterocycles. The van der Waals surface area contributed by atoms with Gasteiger partial charge in [-0.2, -0.15) is 0 Å². The SMILES string of the molecule is O=C(c1cc(Cl)cc(Cl)c1)N(CCCl)C1CC1. The largest absolute Gasteiger partial charge is 0.334 e. The van der Waals surface area contributed by atoms with Gasteiger partial charge in [-0.3, -0.25) is 4.79 Å². The van der Waals surface area contributed by atoms with Gasteiger partial charge in [0.05, 0.1) is 0 Å². The molecule has 1 aromatic rings. The number of rotatable bonds is 4. The van der Waals surface area contributed by atoms with Gasteiger partial charge >= 0.3 is 0 Å². The summed E-state index contributed by atoms with van der Waals surface area (Å²) in [7, 11) is 0. The van der Waals surface area contributed by atoms with Crippen LogP contribution in [0.25, 0.3) is 0 Å². The van der Waals surface area contributed by atoms with Crippen LogP contribution in [0.4, 0.5) is 0 Å². The highest BCUT2D eigenvalue weighted by atomic mass is 35.5. The smallest absolute Gasteiger partial charge is 0.254 e. The fourth-order valence-corrected chi connectivity index (χ4v) is 2.48. The van der Waals surface area contributed by atoms with Crippen LogP contribution in [0.1, 0.15) is 23.2 Å². The summed E-state index contributed by atoms with van der Waals surface area (Å²) in [6, 6.07) is 5.22. The van der Waals surface area contributed by atoms with E-state index in [1.54, 1.807) is 23.1 Å². The van der Waals surface area contributed by atoms with Crippen molar-refractivity contribution in [2.24, 2.45) is 0 Å². The molecule has 1 aliphatic carbocycles. The zero-order valence-electron chi connectivity index (χ0n) is 9.13. The molecule has 1 saturated carbocycles. The van der Waals surface area contributed by atoms with Gasteiger partial charge in [0.15, 0.2) is 0 Å². The summed E-state index contributed by atoms with van der Waals surface area (Å²) in [6.07, 6.45) is 2.11. The second kappa shape index (κ2) is 5.47. The molecule has 0 aromatic heterocycles. The number of nitrogens with zero attached hydrogens (tertiary/aromatic N) is 1. The first-order chi connectivity index (χ1) is 8.11. The monoisotopic (exact) mass is 291 g/mol. The van der Waals surface area contributed by atoms with Gasteiger partial charge in [0.2, 0.25) is 0 Å². The molecule has 1 fully saturated rings. The lowest BCUT2D eigenvalue weighted by Crippen LogP contribution is -2.34. The Morgan fingerprint density at radius 3 is 2.29 bits per heavy atom. The Balaban J connectivity index is 2.21. The summed E-state index contributed by atoms with van der Waals surface area (Å²) in [6.45, 7) is 0.565. The van der Waals surface area contributed by atoms with Crippen LogP contribution in [0.5, 0.6) is 0 Å². The predicted octanol–water partition coefficient (Wildman–Crippen LogP) is 3.84. The molecule has 0 heterocycles. The average Bonchev–Trinajstić information content (AvgIpc) is 3.07. The number of halogens is 3. The van der Waals surface area contributed by atoms with Gasteiger partial charge in [0.25, 0.3) is 5.91 Å². The van der Waals surface area contributed by atoms with Crippen LogP contribution >= 0.6 is 34.8 Å². The van der Waals surface area contributed by atoms with Crippen molar-refractivity contribution >= 4 is 40.7 Å². The van der Waals surface area contributed by atoms with Gasteiger partial charge in [-0.05, 0) is 31.0 Å². The third-order valence-electron chi connectivity index (χ3n) is 2.68. The van der Waals surface area contributed by atoms with Crippen LogP contribution in [0, 0.1) is 0 Å². The van der Waals surface area contributed by atoms with Crippen molar-refractivity contribution in [3.05, 3.63) is 33.8 Å². The molecule has 1 aliphatic rings. The average molecular weight is 293 g/mol. The summed E-state index contributed by atoms with van der Waals surface area (Å²) in [4.78, 5) is 14.1. The summed E-state index contributed by atoms with van der Waals surface area (Å²) in [5, 5.41) is 0.949. The Morgan fingerprint density at radius 2 is 1.82 bits per heavy atom. The van der Waals surface area contributed by atoms with Gasteiger partial charge < -0.3 is 4.90 Å². The molecule has 1 amide bonds. The van der Waals surface area contributed by atoms with Crippen molar-refractivity contribution in [2.45, 2.75) is 18.9 Å². The van der Waals surface area contributed by atoms with Crippen molar-refractivity contribution in [2.75, 3.05) is 12.4 Å². The molecule has 0 saturated heterocycles. The number of benzene rings is 1. The summed E-state index contributed by atoms with van der Waals surface area (Å²) in [5.41, 5.74) is 0.527. The van der Waals surface area contributed by atoms with Crippen LogP contribution in [0.15, 0.2) is 18.2 Å². The summed E-state index contributed by atoms with van der Waals surface area (Å²) < 4.78 is 0. The van der Waals surface area contributed by atoms with Gasteiger partial charge in [0.1, 0.15) is 0 Å². The van der Waals surface area contributed by atoms with Crippen LogP contribution < -0.4 is 0 Å². The van der Waals surface area contributed by atoms with E-state index in [1.165, 1.54) is 0 Å². The Bertz CT molecular complexity index is 412. The maximum absolute atomic E-state index is 12.3. The van der Waals surface area contributed by atoms with E-state index in [-0.39, 0.29) is 5.91 Å². The third-order valence-corrected chi connectivity index (χ3v) is 3.29. The van der Waals surface area contributed by atoms with Gasteiger partial charge in [0, 0.05) is 34.1 Å². The molecule has 2 nitrogen and oxygen atoms in total. The van der Waals surface area contributed by atoms with Crippen LogP contribution in [0.3, 0.4) is 0 Å². The summed E-state index contributed by atoms with van der Waals surface area (Å²) >= 11 is 17.5. The highest BCUT2D eigenvalue weighted by Crippen LogP contribution is 2.29. The zero-order valence-corrected chi connectivity index (χ0v) is 11.4. The van der Waals surface area contributed by atoms with Gasteiger partial charge in [-0.15, -0.1) is 11.6 Å². The molecule has 0 N–H and O–H groups in total. The maximum Gasteiger partial charge on any atom is 0.254 e. The number of carbonyl (C=O) groups excluding carboxylic acids is 1. The molecule has 5 heteroatoms. The molecular formula is C12H12Cl3NO. The number of hydrogen-bond donors (Lipinski definition) is 0. The number of alkyl halides is 1.